The molecule has 0 unspecified atom stereocenters. The molecule has 0 aliphatic rings. The molecule has 3 aromatic carbocycles. The Balaban J connectivity index is -0.0000000273. The molecule has 3 rings (SSSR count). The van der Waals surface area contributed by atoms with Gasteiger partial charge in [-0.25, -0.2) is 36.4 Å². The van der Waals surface area contributed by atoms with Gasteiger partial charge in [-0.05, 0) is 20.0 Å². The van der Waals surface area contributed by atoms with Crippen LogP contribution in [0.25, 0.3) is 0 Å². The van der Waals surface area contributed by atoms with Gasteiger partial charge in [-0.1, -0.05) is 0 Å². The molecule has 0 aliphatic carbocycles. The van der Waals surface area contributed by atoms with Crippen molar-refractivity contribution in [3.8, 4) is 0 Å². The molecule has 0 fully saturated rings. The van der Waals surface area contributed by atoms with Crippen LogP contribution in [-0.4, -0.2) is 25.9 Å². The van der Waals surface area contributed by atoms with Crippen LogP contribution < -0.4 is 0 Å². The zero-order valence-corrected chi connectivity index (χ0v) is 22.9. The molecule has 0 atom stereocenters. The zero-order valence-electron chi connectivity index (χ0n) is 17.8. The number of thiocarbonyl (C=S) groups is 1. The molecular formula is C23H25CoMn2O4PS-2. The third-order valence-corrected chi connectivity index (χ3v) is 1.67. The molecule has 0 heterocycles. The summed E-state index contributed by atoms with van der Waals surface area (Å²) in [6, 6.07) is 30.0. The minimum absolute atomic E-state index is 0. The zero-order chi connectivity index (χ0) is 24.2. The van der Waals surface area contributed by atoms with Gasteiger partial charge in [0.2, 0.25) is 0 Å². The van der Waals surface area contributed by atoms with E-state index >= 15 is 0 Å². The first-order valence-corrected chi connectivity index (χ1v) is 10.5. The Bertz CT molecular complexity index is 454. The average molecular weight is 597 g/mol. The molecule has 32 heavy (non-hydrogen) atoms. The van der Waals surface area contributed by atoms with Crippen LogP contribution in [0.1, 0.15) is 0 Å². The first kappa shape index (κ1) is 57.7. The Labute approximate surface area is 231 Å². The van der Waals surface area contributed by atoms with Crippen molar-refractivity contribution in [3.05, 3.63) is 118 Å². The summed E-state index contributed by atoms with van der Waals surface area (Å²) in [5.41, 5.74) is 0. The van der Waals surface area contributed by atoms with E-state index in [1.165, 1.54) is 0 Å². The molecule has 0 amide bonds. The summed E-state index contributed by atoms with van der Waals surface area (Å²) < 4.78 is 30.0. The monoisotopic (exact) mass is 597 g/mol. The molecule has 4 nitrogen and oxygen atoms in total. The Morgan fingerprint density at radius 1 is 0.531 bits per heavy atom. The second-order valence-electron chi connectivity index (χ2n) is 4.23. The van der Waals surface area contributed by atoms with Crippen LogP contribution in [0, 0.1) is 26.6 Å². The second-order valence-corrected chi connectivity index (χ2v) is 6.91. The van der Waals surface area contributed by atoms with E-state index in [-0.39, 0.29) is 50.9 Å². The van der Waals surface area contributed by atoms with Crippen molar-refractivity contribution in [1.82, 2.24) is 0 Å². The predicted molar refractivity (Wildman–Crippen MR) is 120 cm³/mol. The molecule has 0 saturated heterocycles. The summed E-state index contributed by atoms with van der Waals surface area (Å²) in [6.07, 6.45) is 0. The fourth-order valence-electron chi connectivity index (χ4n) is 0.962. The minimum atomic E-state index is 0. The normalized spacial score (nSPS) is 5.25. The van der Waals surface area contributed by atoms with E-state index in [0.717, 1.165) is 0 Å². The molecule has 3 aromatic rings. The van der Waals surface area contributed by atoms with Crippen LogP contribution in [0.2, 0.25) is 0 Å². The van der Waals surface area contributed by atoms with Gasteiger partial charge in [0.15, 0.2) is 0 Å². The molecule has 3 radical (unpaired) electrons. The average Bonchev–Trinajstić information content (AvgIpc) is 3.60. The van der Waals surface area contributed by atoms with E-state index in [1.807, 2.05) is 91.0 Å². The van der Waals surface area contributed by atoms with Crippen LogP contribution in [-0.2, 0) is 69.5 Å². The first-order valence-electron chi connectivity index (χ1n) is 7.39. The van der Waals surface area contributed by atoms with Crippen LogP contribution in [0.4, 0.5) is 0 Å². The van der Waals surface area contributed by atoms with Crippen LogP contribution >= 0.6 is 20.1 Å². The number of hydrogen-bond acceptors (Lipinski definition) is 1. The minimum Gasteiger partial charge on any atom is -0.442 e. The van der Waals surface area contributed by atoms with Crippen molar-refractivity contribution in [2.75, 3.05) is 20.0 Å². The van der Waals surface area contributed by atoms with Gasteiger partial charge in [-0.2, -0.15) is 54.6 Å². The molecule has 0 spiro atoms. The van der Waals surface area contributed by atoms with Crippen molar-refractivity contribution in [1.29, 1.82) is 0 Å². The standard InChI is InChI=1S/3C5H5.C3H9P.4CO.CHS.Co.2Mn/c3*1-2-4-5-3-1;1-4(2)3;5*1-2;;;/h3*1-5H;1-3H3;;;;;1H;;;/q3*-1;;;;;;-1;+2;;. The summed E-state index contributed by atoms with van der Waals surface area (Å²) in [5.74, 6) is 4.08. The van der Waals surface area contributed by atoms with Crippen LogP contribution in [0.5, 0.6) is 0 Å². The second kappa shape index (κ2) is 87.2. The van der Waals surface area contributed by atoms with Gasteiger partial charge in [0, 0.05) is 34.1 Å². The van der Waals surface area contributed by atoms with Gasteiger partial charge in [0.05, 0.1) is 0 Å². The quantitative estimate of drug-likeness (QED) is 0.104. The SMILES string of the molecule is CP(C)C.[C-]#[O+].[C-]#[O+].[C-]#[O+].[C-]#[O+].[CH-]=S.[Co+2].[Mn].[Mn].c1cc[cH-]c1.c1cc[cH-]c1.c1cc[cH-]c1. The summed E-state index contributed by atoms with van der Waals surface area (Å²) in [4.78, 5) is 0. The Morgan fingerprint density at radius 3 is 0.656 bits per heavy atom. The largest absolute Gasteiger partial charge is 2.00 e. The number of rotatable bonds is 0. The molecule has 9 heteroatoms. The van der Waals surface area contributed by atoms with Gasteiger partial charge in [0.1, 0.15) is 0 Å². The topological polar surface area (TPSA) is 79.6 Å². The van der Waals surface area contributed by atoms with Gasteiger partial charge < -0.3 is 18.1 Å². The van der Waals surface area contributed by atoms with E-state index in [9.17, 15) is 0 Å². The maximum atomic E-state index is 7.50. The van der Waals surface area contributed by atoms with Gasteiger partial charge >= 0.3 is 62.0 Å². The molecule has 177 valence electrons. The fraction of sp³-hybridized carbons (Fsp3) is 0.130. The van der Waals surface area contributed by atoms with Crippen molar-refractivity contribution >= 4 is 26.0 Å². The van der Waals surface area contributed by atoms with E-state index < -0.39 is 0 Å². The maximum Gasteiger partial charge on any atom is 2.00 e. The molecule has 0 bridgehead atoms. The first-order chi connectivity index (χ1) is 14.2. The third kappa shape index (κ3) is 116. The Morgan fingerprint density at radius 2 is 0.625 bits per heavy atom. The van der Waals surface area contributed by atoms with E-state index in [2.05, 4.69) is 64.7 Å². The predicted octanol–water partition coefficient (Wildman–Crippen LogP) is 5.91. The summed E-state index contributed by atoms with van der Waals surface area (Å²) in [7, 11) is 0.380. The molecule has 0 saturated carbocycles. The molecular weight excluding hydrogens is 572 g/mol. The third-order valence-electron chi connectivity index (χ3n) is 1.67. The molecule has 0 aliphatic heterocycles. The summed E-state index contributed by atoms with van der Waals surface area (Å²) in [6.45, 7) is 24.7. The van der Waals surface area contributed by atoms with E-state index in [0.29, 0.717) is 7.92 Å². The van der Waals surface area contributed by atoms with Gasteiger partial charge in [0.25, 0.3) is 0 Å². The van der Waals surface area contributed by atoms with Crippen LogP contribution in [0.15, 0.2) is 91.0 Å². The summed E-state index contributed by atoms with van der Waals surface area (Å²) in [5, 5.41) is 0. The smallest absolute Gasteiger partial charge is 0.442 e. The van der Waals surface area contributed by atoms with Gasteiger partial charge in [-0.3, -0.25) is 0 Å². The van der Waals surface area contributed by atoms with Crippen molar-refractivity contribution in [2.45, 2.75) is 0 Å². The van der Waals surface area contributed by atoms with Crippen molar-refractivity contribution in [2.24, 2.45) is 0 Å². The van der Waals surface area contributed by atoms with Crippen molar-refractivity contribution < 1.29 is 69.5 Å². The Hall–Kier alpha value is -0.925. The maximum absolute atomic E-state index is 7.50. The van der Waals surface area contributed by atoms with Crippen molar-refractivity contribution in [3.63, 3.8) is 0 Å². The molecule has 0 N–H and O–H groups in total. The van der Waals surface area contributed by atoms with E-state index in [1.54, 1.807) is 0 Å². The summed E-state index contributed by atoms with van der Waals surface area (Å²) >= 11 is 3.58. The Kier molecular flexibility index (Phi) is 157. The molecule has 0 aromatic heterocycles. The number of hydrogen-bond donors (Lipinski definition) is 0. The fourth-order valence-corrected chi connectivity index (χ4v) is 0.962. The van der Waals surface area contributed by atoms with Crippen LogP contribution in [0.3, 0.4) is 0 Å². The van der Waals surface area contributed by atoms with Gasteiger partial charge in [-0.15, -0.1) is 7.92 Å². The van der Waals surface area contributed by atoms with E-state index in [4.69, 9.17) is 18.6 Å².